The van der Waals surface area contributed by atoms with Crippen LogP contribution in [0.25, 0.3) is 0 Å². The van der Waals surface area contributed by atoms with Gasteiger partial charge in [-0.2, -0.15) is 13.2 Å². The minimum absolute atomic E-state index is 0.0979. The van der Waals surface area contributed by atoms with E-state index >= 15 is 0 Å². The van der Waals surface area contributed by atoms with E-state index in [9.17, 15) is 28.1 Å². The van der Waals surface area contributed by atoms with Crippen molar-refractivity contribution < 1.29 is 32.4 Å². The van der Waals surface area contributed by atoms with Gasteiger partial charge in [0.15, 0.2) is 6.61 Å². The normalized spacial score (nSPS) is 14.2. The number of amides is 1. The summed E-state index contributed by atoms with van der Waals surface area (Å²) in [6.45, 7) is 3.28. The van der Waals surface area contributed by atoms with Gasteiger partial charge in [-0.1, -0.05) is 0 Å². The fourth-order valence-corrected chi connectivity index (χ4v) is 3.35. The predicted molar refractivity (Wildman–Crippen MR) is 110 cm³/mol. The van der Waals surface area contributed by atoms with Crippen molar-refractivity contribution in [1.29, 1.82) is 0 Å². The lowest BCUT2D eigenvalue weighted by atomic mass is 10.1. The molecule has 0 bridgehead atoms. The third-order valence-corrected chi connectivity index (χ3v) is 4.97. The lowest BCUT2D eigenvalue weighted by Crippen LogP contribution is -2.50. The maximum absolute atomic E-state index is 12.9. The Bertz CT molecular complexity index is 958. The zero-order chi connectivity index (χ0) is 23.3. The van der Waals surface area contributed by atoms with E-state index in [1.54, 1.807) is 34.1 Å². The van der Waals surface area contributed by atoms with Gasteiger partial charge in [-0.25, -0.2) is 0 Å². The van der Waals surface area contributed by atoms with E-state index in [-0.39, 0.29) is 44.4 Å². The maximum Gasteiger partial charge on any atom is 0.416 e. The van der Waals surface area contributed by atoms with Crippen LogP contribution in [0.1, 0.15) is 12.5 Å². The van der Waals surface area contributed by atoms with Gasteiger partial charge in [0.05, 0.1) is 17.1 Å². The Morgan fingerprint density at radius 2 is 1.62 bits per heavy atom. The largest absolute Gasteiger partial charge is 0.494 e. The molecule has 2 aromatic rings. The third-order valence-electron chi connectivity index (χ3n) is 4.97. The average Bonchev–Trinajstić information content (AvgIpc) is 2.77. The van der Waals surface area contributed by atoms with Gasteiger partial charge in [-0.15, -0.1) is 0 Å². The number of hydrogen-bond acceptors (Lipinski definition) is 6. The van der Waals surface area contributed by atoms with Gasteiger partial charge in [-0.3, -0.25) is 14.9 Å². The van der Waals surface area contributed by atoms with Crippen molar-refractivity contribution in [1.82, 2.24) is 4.90 Å². The Balaban J connectivity index is 1.57. The highest BCUT2D eigenvalue weighted by Crippen LogP contribution is 2.36. The molecule has 0 spiro atoms. The number of ether oxygens (including phenoxy) is 2. The lowest BCUT2D eigenvalue weighted by Gasteiger charge is -2.35. The van der Waals surface area contributed by atoms with Gasteiger partial charge in [0, 0.05) is 32.2 Å². The number of anilines is 1. The van der Waals surface area contributed by atoms with E-state index in [0.29, 0.717) is 24.2 Å². The summed E-state index contributed by atoms with van der Waals surface area (Å²) in [6, 6.07) is 9.33. The van der Waals surface area contributed by atoms with E-state index < -0.39 is 22.4 Å². The zero-order valence-corrected chi connectivity index (χ0v) is 17.3. The molecule has 0 unspecified atom stereocenters. The van der Waals surface area contributed by atoms with Crippen LogP contribution >= 0.6 is 0 Å². The molecule has 0 radical (unpaired) electrons. The summed E-state index contributed by atoms with van der Waals surface area (Å²) in [7, 11) is 0. The van der Waals surface area contributed by atoms with Crippen molar-refractivity contribution in [3.05, 3.63) is 58.1 Å². The minimum atomic E-state index is -4.67. The quantitative estimate of drug-likeness (QED) is 0.469. The Hall–Kier alpha value is -3.50. The molecule has 172 valence electrons. The van der Waals surface area contributed by atoms with Crippen molar-refractivity contribution in [3.8, 4) is 11.5 Å². The second kappa shape index (κ2) is 9.75. The molecule has 8 nitrogen and oxygen atoms in total. The number of alkyl halides is 3. The SMILES string of the molecule is CCOc1ccc(OCC(=O)N2CCN(c3ccc(C(F)(F)F)cc3[N+](=O)[O-])CC2)cc1. The molecule has 3 rings (SSSR count). The van der Waals surface area contributed by atoms with Crippen LogP contribution < -0.4 is 14.4 Å². The Morgan fingerprint density at radius 1 is 1.03 bits per heavy atom. The molecule has 0 aliphatic carbocycles. The molecule has 11 heteroatoms. The summed E-state index contributed by atoms with van der Waals surface area (Å²) < 4.78 is 49.5. The van der Waals surface area contributed by atoms with Crippen molar-refractivity contribution in [2.24, 2.45) is 0 Å². The fraction of sp³-hybridized carbons (Fsp3) is 0.381. The second-order valence-electron chi connectivity index (χ2n) is 7.02. The van der Waals surface area contributed by atoms with Gasteiger partial charge in [0.25, 0.3) is 11.6 Å². The molecular weight excluding hydrogens is 431 g/mol. The molecule has 32 heavy (non-hydrogen) atoms. The maximum atomic E-state index is 12.9. The number of nitro benzene ring substituents is 1. The number of carbonyl (C=O) groups is 1. The van der Waals surface area contributed by atoms with Gasteiger partial charge >= 0.3 is 6.18 Å². The highest BCUT2D eigenvalue weighted by Gasteiger charge is 2.34. The van der Waals surface area contributed by atoms with Crippen molar-refractivity contribution in [2.45, 2.75) is 13.1 Å². The molecule has 0 N–H and O–H groups in total. The smallest absolute Gasteiger partial charge is 0.416 e. The molecule has 1 fully saturated rings. The van der Waals surface area contributed by atoms with E-state index in [4.69, 9.17) is 9.47 Å². The first-order valence-corrected chi connectivity index (χ1v) is 9.93. The summed E-state index contributed by atoms with van der Waals surface area (Å²) in [5, 5.41) is 11.3. The van der Waals surface area contributed by atoms with Gasteiger partial charge in [0.2, 0.25) is 0 Å². The number of carbonyl (C=O) groups excluding carboxylic acids is 1. The first-order chi connectivity index (χ1) is 15.2. The molecule has 2 aromatic carbocycles. The van der Waals surface area contributed by atoms with Gasteiger partial charge in [-0.05, 0) is 43.3 Å². The summed E-state index contributed by atoms with van der Waals surface area (Å²) >= 11 is 0. The van der Waals surface area contributed by atoms with Gasteiger partial charge in [0.1, 0.15) is 17.2 Å². The molecule has 1 saturated heterocycles. The molecule has 1 aliphatic rings. The number of hydrogen-bond donors (Lipinski definition) is 0. The molecule has 1 amide bonds. The number of rotatable bonds is 7. The number of piperazine rings is 1. The number of nitro groups is 1. The van der Waals surface area contributed by atoms with E-state index in [0.717, 1.165) is 12.1 Å². The second-order valence-corrected chi connectivity index (χ2v) is 7.02. The van der Waals surface area contributed by atoms with Crippen LogP contribution in [0.15, 0.2) is 42.5 Å². The topological polar surface area (TPSA) is 85.2 Å². The number of benzene rings is 2. The number of nitrogens with zero attached hydrogens (tertiary/aromatic N) is 3. The van der Waals surface area contributed by atoms with Crippen LogP contribution in [0.2, 0.25) is 0 Å². The van der Waals surface area contributed by atoms with Crippen molar-refractivity contribution >= 4 is 17.3 Å². The minimum Gasteiger partial charge on any atom is -0.494 e. The highest BCUT2D eigenvalue weighted by atomic mass is 19.4. The summed E-state index contributed by atoms with van der Waals surface area (Å²) in [6.07, 6.45) is -4.67. The Kier molecular flexibility index (Phi) is 7.06. The van der Waals surface area contributed by atoms with E-state index in [1.165, 1.54) is 0 Å². The predicted octanol–water partition coefficient (Wildman–Crippen LogP) is 3.74. The van der Waals surface area contributed by atoms with Crippen LogP contribution in [0.4, 0.5) is 24.5 Å². The monoisotopic (exact) mass is 453 g/mol. The Labute approximate surface area is 182 Å². The molecule has 0 aromatic heterocycles. The summed E-state index contributed by atoms with van der Waals surface area (Å²) in [5.41, 5.74) is -1.59. The van der Waals surface area contributed by atoms with Gasteiger partial charge < -0.3 is 19.3 Å². The Morgan fingerprint density at radius 3 is 2.16 bits per heavy atom. The molecule has 0 atom stereocenters. The molecular formula is C21H22F3N3O5. The number of halogens is 3. The third kappa shape index (κ3) is 5.59. The highest BCUT2D eigenvalue weighted by molar-refractivity contribution is 5.78. The lowest BCUT2D eigenvalue weighted by molar-refractivity contribution is -0.384. The molecule has 0 saturated carbocycles. The molecule has 1 heterocycles. The summed E-state index contributed by atoms with van der Waals surface area (Å²) in [4.78, 5) is 26.1. The van der Waals surface area contributed by atoms with Crippen LogP contribution in [0.5, 0.6) is 11.5 Å². The first kappa shape index (κ1) is 23.2. The van der Waals surface area contributed by atoms with Crippen LogP contribution in [0.3, 0.4) is 0 Å². The van der Waals surface area contributed by atoms with Crippen LogP contribution in [-0.4, -0.2) is 55.1 Å². The van der Waals surface area contributed by atoms with E-state index in [1.807, 2.05) is 6.92 Å². The first-order valence-electron chi connectivity index (χ1n) is 9.93. The fourth-order valence-electron chi connectivity index (χ4n) is 3.35. The van der Waals surface area contributed by atoms with Crippen molar-refractivity contribution in [2.75, 3.05) is 44.3 Å². The van der Waals surface area contributed by atoms with Crippen LogP contribution in [-0.2, 0) is 11.0 Å². The zero-order valence-electron chi connectivity index (χ0n) is 17.3. The van der Waals surface area contributed by atoms with E-state index in [2.05, 4.69) is 0 Å². The molecule has 1 aliphatic heterocycles. The summed E-state index contributed by atoms with van der Waals surface area (Å²) in [5.74, 6) is 0.959. The van der Waals surface area contributed by atoms with Crippen LogP contribution in [0, 0.1) is 10.1 Å². The average molecular weight is 453 g/mol. The van der Waals surface area contributed by atoms with Crippen molar-refractivity contribution in [3.63, 3.8) is 0 Å². The standard InChI is InChI=1S/C21H22F3N3O5/c1-2-31-16-4-6-17(7-5-16)32-14-20(28)26-11-9-25(10-12-26)18-8-3-15(21(22,23)24)13-19(18)27(29)30/h3-8,13H,2,9-12,14H2,1H3.